The molecule has 0 radical (unpaired) electrons. The summed E-state index contributed by atoms with van der Waals surface area (Å²) < 4.78 is 0. The van der Waals surface area contributed by atoms with Crippen molar-refractivity contribution in [3.05, 3.63) is 58.9 Å². The number of nitrogens with zero attached hydrogens (tertiary/aromatic N) is 1. The Kier molecular flexibility index (Phi) is 6.68. The maximum absolute atomic E-state index is 13.0. The monoisotopic (exact) mass is 393 g/mol. The van der Waals surface area contributed by atoms with E-state index < -0.39 is 0 Å². The molecule has 2 amide bonds. The highest BCUT2D eigenvalue weighted by Crippen LogP contribution is 2.32. The van der Waals surface area contributed by atoms with E-state index in [0.717, 1.165) is 42.5 Å². The van der Waals surface area contributed by atoms with Crippen LogP contribution < -0.4 is 10.6 Å². The normalized spacial score (nSPS) is 14.4. The van der Waals surface area contributed by atoms with Crippen molar-refractivity contribution in [2.45, 2.75) is 71.3 Å². The van der Waals surface area contributed by atoms with E-state index in [-0.39, 0.29) is 29.7 Å². The van der Waals surface area contributed by atoms with E-state index >= 15 is 0 Å². The fourth-order valence-corrected chi connectivity index (χ4v) is 3.91. The van der Waals surface area contributed by atoms with Crippen molar-refractivity contribution in [2.75, 3.05) is 5.32 Å². The summed E-state index contributed by atoms with van der Waals surface area (Å²) in [5.74, 6) is 0.156. The van der Waals surface area contributed by atoms with Gasteiger partial charge in [0.15, 0.2) is 0 Å². The highest BCUT2D eigenvalue weighted by molar-refractivity contribution is 6.06. The van der Waals surface area contributed by atoms with E-state index in [2.05, 4.69) is 55.4 Å². The van der Waals surface area contributed by atoms with Gasteiger partial charge in [0.25, 0.3) is 11.8 Å². The molecule has 3 rings (SSSR count). The zero-order chi connectivity index (χ0) is 21.0. The van der Waals surface area contributed by atoms with E-state index in [1.807, 2.05) is 6.07 Å². The molecular weight excluding hydrogens is 362 g/mol. The minimum absolute atomic E-state index is 0.162. The molecule has 1 heterocycles. The van der Waals surface area contributed by atoms with Crippen LogP contribution in [0.5, 0.6) is 0 Å². The molecule has 154 valence electrons. The van der Waals surface area contributed by atoms with Gasteiger partial charge in [-0.25, -0.2) is 0 Å². The molecule has 0 unspecified atom stereocenters. The molecular formula is C24H31N3O2. The first kappa shape index (κ1) is 21.0. The van der Waals surface area contributed by atoms with Gasteiger partial charge in [0.1, 0.15) is 0 Å². The maximum atomic E-state index is 13.0. The zero-order valence-corrected chi connectivity index (χ0v) is 17.8. The van der Waals surface area contributed by atoms with Crippen LogP contribution >= 0.6 is 0 Å². The Hall–Kier alpha value is -2.69. The van der Waals surface area contributed by atoms with Crippen molar-refractivity contribution in [1.82, 2.24) is 10.3 Å². The molecule has 0 atom stereocenters. The summed E-state index contributed by atoms with van der Waals surface area (Å²) >= 11 is 0. The van der Waals surface area contributed by atoms with Gasteiger partial charge >= 0.3 is 0 Å². The minimum Gasteiger partial charge on any atom is -0.349 e. The second-order valence-electron chi connectivity index (χ2n) is 8.49. The summed E-state index contributed by atoms with van der Waals surface area (Å²) in [6.07, 6.45) is 7.36. The Balaban J connectivity index is 1.82. The van der Waals surface area contributed by atoms with Crippen molar-refractivity contribution in [2.24, 2.45) is 0 Å². The Morgan fingerprint density at radius 3 is 2.03 bits per heavy atom. The molecule has 1 aromatic carbocycles. The number of para-hydroxylation sites is 1. The molecule has 0 aliphatic heterocycles. The highest BCUT2D eigenvalue weighted by Gasteiger charge is 2.20. The topological polar surface area (TPSA) is 71.1 Å². The van der Waals surface area contributed by atoms with Gasteiger partial charge in [-0.05, 0) is 41.9 Å². The third-order valence-electron chi connectivity index (χ3n) is 5.56. The Bertz CT molecular complexity index is 857. The highest BCUT2D eigenvalue weighted by atomic mass is 16.2. The second-order valence-corrected chi connectivity index (χ2v) is 8.49. The van der Waals surface area contributed by atoms with Crippen molar-refractivity contribution >= 4 is 17.5 Å². The van der Waals surface area contributed by atoms with Gasteiger partial charge in [-0.1, -0.05) is 58.7 Å². The molecule has 1 aliphatic rings. The average Bonchev–Trinajstić information content (AvgIpc) is 3.20. The lowest BCUT2D eigenvalue weighted by Gasteiger charge is -2.20. The number of rotatable bonds is 6. The van der Waals surface area contributed by atoms with Crippen molar-refractivity contribution in [3.8, 4) is 0 Å². The fraction of sp³-hybridized carbons (Fsp3) is 0.458. The van der Waals surface area contributed by atoms with Crippen molar-refractivity contribution in [1.29, 1.82) is 0 Å². The number of pyridine rings is 1. The van der Waals surface area contributed by atoms with Crippen LogP contribution in [0.15, 0.2) is 36.7 Å². The Labute approximate surface area is 173 Å². The number of carbonyl (C=O) groups excluding carboxylic acids is 2. The van der Waals surface area contributed by atoms with Crippen molar-refractivity contribution < 1.29 is 9.59 Å². The summed E-state index contributed by atoms with van der Waals surface area (Å²) in [5.41, 5.74) is 3.88. The first-order valence-electron chi connectivity index (χ1n) is 10.6. The first-order chi connectivity index (χ1) is 13.9. The van der Waals surface area contributed by atoms with E-state index in [1.165, 1.54) is 12.4 Å². The van der Waals surface area contributed by atoms with Gasteiger partial charge in [-0.2, -0.15) is 0 Å². The molecule has 0 bridgehead atoms. The molecule has 1 aromatic heterocycles. The van der Waals surface area contributed by atoms with Crippen LogP contribution in [0.1, 0.15) is 97.1 Å². The SMILES string of the molecule is CC(C)c1cccc(C(C)C)c1NC(=O)c1cncc(C(=O)NC2CCCC2)c1. The van der Waals surface area contributed by atoms with Crippen LogP contribution in [-0.4, -0.2) is 22.8 Å². The van der Waals surface area contributed by atoms with Gasteiger partial charge in [-0.3, -0.25) is 14.6 Å². The third kappa shape index (κ3) is 5.03. The predicted molar refractivity (Wildman–Crippen MR) is 117 cm³/mol. The molecule has 1 saturated carbocycles. The van der Waals surface area contributed by atoms with Gasteiger partial charge in [0, 0.05) is 24.1 Å². The number of amides is 2. The molecule has 5 nitrogen and oxygen atoms in total. The molecule has 29 heavy (non-hydrogen) atoms. The number of aromatic nitrogens is 1. The van der Waals surface area contributed by atoms with Crippen LogP contribution in [0, 0.1) is 0 Å². The molecule has 1 fully saturated rings. The van der Waals surface area contributed by atoms with E-state index in [1.54, 1.807) is 6.07 Å². The second kappa shape index (κ2) is 9.21. The predicted octanol–water partition coefficient (Wildman–Crippen LogP) is 5.25. The molecule has 0 saturated heterocycles. The van der Waals surface area contributed by atoms with Crippen LogP contribution in [-0.2, 0) is 0 Å². The number of carbonyl (C=O) groups is 2. The van der Waals surface area contributed by atoms with Gasteiger partial charge in [0.2, 0.25) is 0 Å². The van der Waals surface area contributed by atoms with Gasteiger partial charge in [-0.15, -0.1) is 0 Å². The summed E-state index contributed by atoms with van der Waals surface area (Å²) in [7, 11) is 0. The van der Waals surface area contributed by atoms with E-state index in [0.29, 0.717) is 11.1 Å². The summed E-state index contributed by atoms with van der Waals surface area (Å²) in [6.45, 7) is 8.46. The van der Waals surface area contributed by atoms with Gasteiger partial charge < -0.3 is 10.6 Å². The van der Waals surface area contributed by atoms with Crippen LogP contribution in [0.3, 0.4) is 0 Å². The molecule has 2 N–H and O–H groups in total. The lowest BCUT2D eigenvalue weighted by Crippen LogP contribution is -2.32. The molecule has 0 spiro atoms. The third-order valence-corrected chi connectivity index (χ3v) is 5.56. The lowest BCUT2D eigenvalue weighted by molar-refractivity contribution is 0.0937. The van der Waals surface area contributed by atoms with Gasteiger partial charge in [0.05, 0.1) is 11.1 Å². The van der Waals surface area contributed by atoms with E-state index in [4.69, 9.17) is 0 Å². The first-order valence-corrected chi connectivity index (χ1v) is 10.6. The standard InChI is InChI=1S/C24H31N3O2/c1-15(2)20-10-7-11-21(16(3)4)22(20)27-24(29)18-12-17(13-25-14-18)23(28)26-19-8-5-6-9-19/h7,10-16,19H,5-6,8-9H2,1-4H3,(H,26,28)(H,27,29). The van der Waals surface area contributed by atoms with Crippen LogP contribution in [0.2, 0.25) is 0 Å². The van der Waals surface area contributed by atoms with E-state index in [9.17, 15) is 9.59 Å². The zero-order valence-electron chi connectivity index (χ0n) is 17.8. The fourth-order valence-electron chi connectivity index (χ4n) is 3.91. The van der Waals surface area contributed by atoms with Crippen molar-refractivity contribution in [3.63, 3.8) is 0 Å². The lowest BCUT2D eigenvalue weighted by atomic mass is 9.92. The number of hydrogen-bond acceptors (Lipinski definition) is 3. The number of nitrogens with one attached hydrogen (secondary N) is 2. The molecule has 2 aromatic rings. The Morgan fingerprint density at radius 2 is 1.48 bits per heavy atom. The maximum Gasteiger partial charge on any atom is 0.257 e. The molecule has 1 aliphatic carbocycles. The summed E-state index contributed by atoms with van der Waals surface area (Å²) in [6, 6.07) is 7.99. The summed E-state index contributed by atoms with van der Waals surface area (Å²) in [5, 5.41) is 6.14. The smallest absolute Gasteiger partial charge is 0.257 e. The number of anilines is 1. The number of benzene rings is 1. The summed E-state index contributed by atoms with van der Waals surface area (Å²) in [4.78, 5) is 29.7. The quantitative estimate of drug-likeness (QED) is 0.704. The Morgan fingerprint density at radius 1 is 0.931 bits per heavy atom. The van der Waals surface area contributed by atoms with Crippen LogP contribution in [0.4, 0.5) is 5.69 Å². The van der Waals surface area contributed by atoms with Crippen LogP contribution in [0.25, 0.3) is 0 Å². The average molecular weight is 394 g/mol. The largest absolute Gasteiger partial charge is 0.349 e. The minimum atomic E-state index is -0.247. The number of hydrogen-bond donors (Lipinski definition) is 2. The molecule has 5 heteroatoms.